The first kappa shape index (κ1) is 14.9. The highest BCUT2D eigenvalue weighted by Crippen LogP contribution is 2.22. The van der Waals surface area contributed by atoms with Crippen LogP contribution in [0.15, 0.2) is 17.0 Å². The van der Waals surface area contributed by atoms with Crippen molar-refractivity contribution in [3.05, 3.63) is 23.3 Å². The van der Waals surface area contributed by atoms with Crippen LogP contribution in [0.5, 0.6) is 0 Å². The standard InChI is InChI=1S/C12H21N3O2S/c1-9-7-11(13)8-10(2)12(9)18(16,17)14-5-6-15(3)4/h7-8,14H,5-6,13H2,1-4H3. The summed E-state index contributed by atoms with van der Waals surface area (Å²) >= 11 is 0. The van der Waals surface area contributed by atoms with Crippen molar-refractivity contribution in [1.29, 1.82) is 0 Å². The lowest BCUT2D eigenvalue weighted by atomic mass is 10.1. The maximum Gasteiger partial charge on any atom is 0.241 e. The molecule has 6 heteroatoms. The summed E-state index contributed by atoms with van der Waals surface area (Å²) < 4.78 is 27.0. The van der Waals surface area contributed by atoms with Gasteiger partial charge < -0.3 is 10.6 Å². The molecule has 1 rings (SSSR count). The minimum Gasteiger partial charge on any atom is -0.399 e. The predicted molar refractivity (Wildman–Crippen MR) is 74.1 cm³/mol. The molecule has 0 fully saturated rings. The van der Waals surface area contributed by atoms with Gasteiger partial charge in [0.1, 0.15) is 0 Å². The molecule has 0 aliphatic carbocycles. The third-order valence-corrected chi connectivity index (χ3v) is 4.37. The zero-order chi connectivity index (χ0) is 13.9. The first-order chi connectivity index (χ1) is 8.24. The van der Waals surface area contributed by atoms with Gasteiger partial charge in [0.25, 0.3) is 0 Å². The number of hydrogen-bond acceptors (Lipinski definition) is 4. The van der Waals surface area contributed by atoms with Crippen molar-refractivity contribution in [3.63, 3.8) is 0 Å². The van der Waals surface area contributed by atoms with Crippen LogP contribution in [0.25, 0.3) is 0 Å². The molecule has 0 spiro atoms. The van der Waals surface area contributed by atoms with Gasteiger partial charge in [0.05, 0.1) is 4.90 Å². The molecule has 0 radical (unpaired) electrons. The Kier molecular flexibility index (Phi) is 4.72. The molecule has 3 N–H and O–H groups in total. The molecule has 1 aromatic rings. The monoisotopic (exact) mass is 271 g/mol. The SMILES string of the molecule is Cc1cc(N)cc(C)c1S(=O)(=O)NCCN(C)C. The maximum absolute atomic E-state index is 12.2. The van der Waals surface area contributed by atoms with Crippen LogP contribution in [0, 0.1) is 13.8 Å². The number of nitrogens with two attached hydrogens (primary N) is 1. The van der Waals surface area contributed by atoms with E-state index in [1.165, 1.54) is 0 Å². The van der Waals surface area contributed by atoms with Gasteiger partial charge in [0, 0.05) is 18.8 Å². The predicted octanol–water partition coefficient (Wildman–Crippen LogP) is 0.726. The van der Waals surface area contributed by atoms with Gasteiger partial charge in [-0.25, -0.2) is 13.1 Å². The largest absolute Gasteiger partial charge is 0.399 e. The molecule has 0 atom stereocenters. The van der Waals surface area contributed by atoms with Crippen LogP contribution in [0.2, 0.25) is 0 Å². The van der Waals surface area contributed by atoms with Crippen molar-refractivity contribution in [2.75, 3.05) is 32.9 Å². The van der Waals surface area contributed by atoms with Gasteiger partial charge in [-0.15, -0.1) is 0 Å². The summed E-state index contributed by atoms with van der Waals surface area (Å²) in [6.07, 6.45) is 0. The van der Waals surface area contributed by atoms with E-state index < -0.39 is 10.0 Å². The van der Waals surface area contributed by atoms with Gasteiger partial charge in [-0.05, 0) is 51.2 Å². The number of nitrogens with one attached hydrogen (secondary N) is 1. The van der Waals surface area contributed by atoms with Gasteiger partial charge in [-0.2, -0.15) is 0 Å². The lowest BCUT2D eigenvalue weighted by Crippen LogP contribution is -2.32. The van der Waals surface area contributed by atoms with Gasteiger partial charge in [0.15, 0.2) is 0 Å². The van der Waals surface area contributed by atoms with Crippen LogP contribution < -0.4 is 10.5 Å². The third kappa shape index (κ3) is 3.69. The summed E-state index contributed by atoms with van der Waals surface area (Å²) in [6, 6.07) is 3.35. The Morgan fingerprint density at radius 1 is 1.22 bits per heavy atom. The fourth-order valence-corrected chi connectivity index (χ4v) is 3.35. The maximum atomic E-state index is 12.2. The first-order valence-electron chi connectivity index (χ1n) is 5.75. The van der Waals surface area contributed by atoms with E-state index in [2.05, 4.69) is 4.72 Å². The minimum absolute atomic E-state index is 0.329. The molecule has 102 valence electrons. The van der Waals surface area contributed by atoms with E-state index in [1.807, 2.05) is 19.0 Å². The smallest absolute Gasteiger partial charge is 0.241 e. The quantitative estimate of drug-likeness (QED) is 0.774. The Bertz CT molecular complexity index is 501. The number of likely N-dealkylation sites (N-methyl/N-ethyl adjacent to an activating group) is 1. The number of rotatable bonds is 5. The van der Waals surface area contributed by atoms with Crippen molar-refractivity contribution < 1.29 is 8.42 Å². The molecular weight excluding hydrogens is 250 g/mol. The summed E-state index contributed by atoms with van der Waals surface area (Å²) in [7, 11) is 0.327. The zero-order valence-corrected chi connectivity index (χ0v) is 12.1. The van der Waals surface area contributed by atoms with Crippen LogP contribution in [0.1, 0.15) is 11.1 Å². The number of hydrogen-bond donors (Lipinski definition) is 2. The lowest BCUT2D eigenvalue weighted by Gasteiger charge is -2.14. The molecule has 0 saturated heterocycles. The molecule has 0 bridgehead atoms. The average Bonchev–Trinajstić information content (AvgIpc) is 2.13. The van der Waals surface area contributed by atoms with E-state index >= 15 is 0 Å². The number of nitrogens with zero attached hydrogens (tertiary/aromatic N) is 1. The molecule has 0 amide bonds. The van der Waals surface area contributed by atoms with Gasteiger partial charge in [-0.1, -0.05) is 0 Å². The molecule has 5 nitrogen and oxygen atoms in total. The molecule has 0 aliphatic rings. The summed E-state index contributed by atoms with van der Waals surface area (Å²) in [4.78, 5) is 2.25. The number of benzene rings is 1. The molecule has 1 aromatic carbocycles. The van der Waals surface area contributed by atoms with E-state index in [4.69, 9.17) is 5.73 Å². The van der Waals surface area contributed by atoms with Crippen LogP contribution in [-0.4, -0.2) is 40.5 Å². The highest BCUT2D eigenvalue weighted by atomic mass is 32.2. The summed E-state index contributed by atoms with van der Waals surface area (Å²) in [5, 5.41) is 0. The fourth-order valence-electron chi connectivity index (χ4n) is 1.88. The fraction of sp³-hybridized carbons (Fsp3) is 0.500. The van der Waals surface area contributed by atoms with E-state index in [0.717, 1.165) is 0 Å². The third-order valence-electron chi connectivity index (χ3n) is 2.60. The van der Waals surface area contributed by atoms with E-state index in [-0.39, 0.29) is 0 Å². The van der Waals surface area contributed by atoms with Crippen molar-refractivity contribution in [3.8, 4) is 0 Å². The summed E-state index contributed by atoms with van der Waals surface area (Å²) in [5.74, 6) is 0. The summed E-state index contributed by atoms with van der Waals surface area (Å²) in [6.45, 7) is 4.55. The topological polar surface area (TPSA) is 75.4 Å². The second-order valence-corrected chi connectivity index (χ2v) is 6.39. The Morgan fingerprint density at radius 2 is 1.72 bits per heavy atom. The van der Waals surface area contributed by atoms with Crippen molar-refractivity contribution in [2.45, 2.75) is 18.7 Å². The number of sulfonamides is 1. The normalized spacial score (nSPS) is 12.1. The Hall–Kier alpha value is -1.11. The number of aryl methyl sites for hydroxylation is 2. The molecule has 0 saturated carbocycles. The minimum atomic E-state index is -3.47. The first-order valence-corrected chi connectivity index (χ1v) is 7.23. The van der Waals surface area contributed by atoms with Crippen molar-refractivity contribution in [1.82, 2.24) is 9.62 Å². The molecular formula is C12H21N3O2S. The zero-order valence-electron chi connectivity index (χ0n) is 11.3. The van der Waals surface area contributed by atoms with Crippen molar-refractivity contribution >= 4 is 15.7 Å². The van der Waals surface area contributed by atoms with Crippen LogP contribution in [0.3, 0.4) is 0 Å². The number of anilines is 1. The molecule has 0 heterocycles. The second kappa shape index (κ2) is 5.69. The van der Waals surface area contributed by atoms with E-state index in [0.29, 0.717) is 34.8 Å². The van der Waals surface area contributed by atoms with Crippen molar-refractivity contribution in [2.24, 2.45) is 0 Å². The molecule has 0 aliphatic heterocycles. The van der Waals surface area contributed by atoms with Crippen LogP contribution >= 0.6 is 0 Å². The van der Waals surface area contributed by atoms with E-state index in [1.54, 1.807) is 26.0 Å². The van der Waals surface area contributed by atoms with Crippen LogP contribution in [0.4, 0.5) is 5.69 Å². The summed E-state index contributed by atoms with van der Waals surface area (Å²) in [5.41, 5.74) is 7.61. The van der Waals surface area contributed by atoms with Gasteiger partial charge >= 0.3 is 0 Å². The highest BCUT2D eigenvalue weighted by Gasteiger charge is 2.19. The molecule has 18 heavy (non-hydrogen) atoms. The van der Waals surface area contributed by atoms with Gasteiger partial charge in [-0.3, -0.25) is 0 Å². The van der Waals surface area contributed by atoms with Crippen LogP contribution in [-0.2, 0) is 10.0 Å². The lowest BCUT2D eigenvalue weighted by molar-refractivity contribution is 0.412. The molecule has 0 aromatic heterocycles. The highest BCUT2D eigenvalue weighted by molar-refractivity contribution is 7.89. The Morgan fingerprint density at radius 3 is 2.17 bits per heavy atom. The van der Waals surface area contributed by atoms with E-state index in [9.17, 15) is 8.42 Å². The average molecular weight is 271 g/mol. The second-order valence-electron chi connectivity index (χ2n) is 4.68. The Balaban J connectivity index is 2.99. The number of nitrogen functional groups attached to an aromatic ring is 1. The Labute approximate surface area is 109 Å². The van der Waals surface area contributed by atoms with Gasteiger partial charge in [0.2, 0.25) is 10.0 Å². The molecule has 0 unspecified atom stereocenters.